The molecule has 17 heavy (non-hydrogen) atoms. The molecule has 96 valence electrons. The zero-order valence-electron chi connectivity index (χ0n) is 10.5. The monoisotopic (exact) mass is 255 g/mol. The van der Waals surface area contributed by atoms with Crippen LogP contribution in [0.1, 0.15) is 19.8 Å². The molecule has 1 atom stereocenters. The first-order valence-electron chi connectivity index (χ1n) is 5.77. The van der Waals surface area contributed by atoms with Gasteiger partial charge in [-0.25, -0.2) is 0 Å². The Kier molecular flexibility index (Phi) is 5.82. The van der Waals surface area contributed by atoms with Gasteiger partial charge < -0.3 is 15.6 Å². The number of ether oxygens (including phenoxy) is 1. The molecule has 0 amide bonds. The maximum Gasteiger partial charge on any atom is 0.118 e. The maximum absolute atomic E-state index is 9.74. The lowest BCUT2D eigenvalue weighted by atomic mass is 10.0. The van der Waals surface area contributed by atoms with Crippen LogP contribution in [0, 0.1) is 0 Å². The summed E-state index contributed by atoms with van der Waals surface area (Å²) >= 11 is 1.78. The van der Waals surface area contributed by atoms with Gasteiger partial charge in [0.05, 0.1) is 12.7 Å². The fourth-order valence-corrected chi connectivity index (χ4v) is 2.27. The van der Waals surface area contributed by atoms with Crippen molar-refractivity contribution >= 4 is 11.8 Å². The van der Waals surface area contributed by atoms with E-state index in [1.807, 2.05) is 24.3 Å². The van der Waals surface area contributed by atoms with Crippen molar-refractivity contribution in [3.63, 3.8) is 0 Å². The van der Waals surface area contributed by atoms with E-state index in [0.29, 0.717) is 6.54 Å². The van der Waals surface area contributed by atoms with Crippen molar-refractivity contribution in [3.05, 3.63) is 24.3 Å². The molecule has 1 unspecified atom stereocenters. The summed E-state index contributed by atoms with van der Waals surface area (Å²) in [5.41, 5.74) is 4.74. The summed E-state index contributed by atoms with van der Waals surface area (Å²) in [4.78, 5) is 1.22. The minimum Gasteiger partial charge on any atom is -0.497 e. The Bertz CT molecular complexity index is 325. The van der Waals surface area contributed by atoms with Crippen LogP contribution in [0.15, 0.2) is 29.2 Å². The number of thioether (sulfide) groups is 1. The van der Waals surface area contributed by atoms with E-state index in [4.69, 9.17) is 10.5 Å². The van der Waals surface area contributed by atoms with Gasteiger partial charge in [0.15, 0.2) is 0 Å². The Hall–Kier alpha value is -0.710. The van der Waals surface area contributed by atoms with E-state index in [-0.39, 0.29) is 0 Å². The lowest BCUT2D eigenvalue weighted by molar-refractivity contribution is 0.0596. The predicted molar refractivity (Wildman–Crippen MR) is 72.6 cm³/mol. The minimum absolute atomic E-state index is 0.320. The number of rotatable bonds is 7. The largest absolute Gasteiger partial charge is 0.497 e. The molecule has 1 aromatic carbocycles. The Balaban J connectivity index is 2.26. The van der Waals surface area contributed by atoms with E-state index in [1.54, 1.807) is 25.8 Å². The molecule has 0 saturated carbocycles. The molecule has 0 radical (unpaired) electrons. The van der Waals surface area contributed by atoms with Crippen molar-refractivity contribution in [1.82, 2.24) is 0 Å². The van der Waals surface area contributed by atoms with Crippen LogP contribution in [0.5, 0.6) is 5.75 Å². The quantitative estimate of drug-likeness (QED) is 0.580. The number of hydrogen-bond acceptors (Lipinski definition) is 4. The number of aliphatic hydroxyl groups is 1. The third kappa shape index (κ3) is 5.44. The van der Waals surface area contributed by atoms with Gasteiger partial charge >= 0.3 is 0 Å². The lowest BCUT2D eigenvalue weighted by Gasteiger charge is -2.20. The molecule has 0 aliphatic rings. The molecular weight excluding hydrogens is 234 g/mol. The number of nitrogens with two attached hydrogens (primary N) is 1. The van der Waals surface area contributed by atoms with E-state index in [9.17, 15) is 5.11 Å². The highest BCUT2D eigenvalue weighted by Crippen LogP contribution is 2.23. The van der Waals surface area contributed by atoms with Crippen LogP contribution in [-0.2, 0) is 0 Å². The molecule has 0 aromatic heterocycles. The van der Waals surface area contributed by atoms with Gasteiger partial charge in [-0.1, -0.05) is 0 Å². The average Bonchev–Trinajstić information content (AvgIpc) is 2.35. The highest BCUT2D eigenvalue weighted by molar-refractivity contribution is 7.99. The minimum atomic E-state index is -0.722. The summed E-state index contributed by atoms with van der Waals surface area (Å²) < 4.78 is 5.10. The van der Waals surface area contributed by atoms with E-state index >= 15 is 0 Å². The van der Waals surface area contributed by atoms with E-state index in [1.165, 1.54) is 4.90 Å². The molecule has 0 bridgehead atoms. The average molecular weight is 255 g/mol. The van der Waals surface area contributed by atoms with Crippen molar-refractivity contribution in [1.29, 1.82) is 0 Å². The predicted octanol–water partition coefficient (Wildman–Crippen LogP) is 2.28. The van der Waals surface area contributed by atoms with Gasteiger partial charge in [0.1, 0.15) is 5.75 Å². The number of benzene rings is 1. The van der Waals surface area contributed by atoms with Crippen LogP contribution in [-0.4, -0.2) is 30.1 Å². The molecule has 0 aliphatic carbocycles. The molecule has 3 nitrogen and oxygen atoms in total. The number of hydrogen-bond donors (Lipinski definition) is 2. The molecular formula is C13H21NO2S. The molecule has 0 fully saturated rings. The van der Waals surface area contributed by atoms with Gasteiger partial charge in [0.2, 0.25) is 0 Å². The molecule has 3 N–H and O–H groups in total. The summed E-state index contributed by atoms with van der Waals surface area (Å²) in [6.07, 6.45) is 1.70. The van der Waals surface area contributed by atoms with Crippen molar-refractivity contribution in [2.45, 2.75) is 30.3 Å². The SMILES string of the molecule is COc1ccc(SCCCC(C)(O)CN)cc1. The Morgan fingerprint density at radius 3 is 2.53 bits per heavy atom. The highest BCUT2D eigenvalue weighted by atomic mass is 32.2. The van der Waals surface area contributed by atoms with E-state index in [0.717, 1.165) is 24.3 Å². The first kappa shape index (κ1) is 14.4. The van der Waals surface area contributed by atoms with Crippen molar-refractivity contribution in [2.24, 2.45) is 5.73 Å². The normalized spacial score (nSPS) is 14.4. The first-order valence-corrected chi connectivity index (χ1v) is 6.75. The third-order valence-corrected chi connectivity index (χ3v) is 3.73. The number of methoxy groups -OCH3 is 1. The Morgan fingerprint density at radius 1 is 1.35 bits per heavy atom. The molecule has 0 aliphatic heterocycles. The Morgan fingerprint density at radius 2 is 2.00 bits per heavy atom. The van der Waals surface area contributed by atoms with Crippen LogP contribution < -0.4 is 10.5 Å². The summed E-state index contributed by atoms with van der Waals surface area (Å²) in [5, 5.41) is 9.74. The molecule has 0 saturated heterocycles. The first-order chi connectivity index (χ1) is 8.07. The van der Waals surface area contributed by atoms with Gasteiger partial charge in [-0.15, -0.1) is 11.8 Å². The van der Waals surface area contributed by atoms with Crippen LogP contribution in [0.2, 0.25) is 0 Å². The fraction of sp³-hybridized carbons (Fsp3) is 0.538. The van der Waals surface area contributed by atoms with Gasteiger partial charge in [0, 0.05) is 11.4 Å². The van der Waals surface area contributed by atoms with Gasteiger partial charge in [-0.2, -0.15) is 0 Å². The topological polar surface area (TPSA) is 55.5 Å². The second-order valence-electron chi connectivity index (χ2n) is 4.33. The van der Waals surface area contributed by atoms with E-state index < -0.39 is 5.60 Å². The van der Waals surface area contributed by atoms with Gasteiger partial charge in [0.25, 0.3) is 0 Å². The fourth-order valence-electron chi connectivity index (χ4n) is 1.42. The lowest BCUT2D eigenvalue weighted by Crippen LogP contribution is -2.34. The van der Waals surface area contributed by atoms with Crippen molar-refractivity contribution < 1.29 is 9.84 Å². The second kappa shape index (κ2) is 6.89. The smallest absolute Gasteiger partial charge is 0.118 e. The molecule has 0 heterocycles. The van der Waals surface area contributed by atoms with Crippen molar-refractivity contribution in [3.8, 4) is 5.75 Å². The highest BCUT2D eigenvalue weighted by Gasteiger charge is 2.16. The van der Waals surface area contributed by atoms with Crippen LogP contribution in [0.4, 0.5) is 0 Å². The van der Waals surface area contributed by atoms with Gasteiger partial charge in [-0.3, -0.25) is 0 Å². The van der Waals surface area contributed by atoms with E-state index in [2.05, 4.69) is 0 Å². The Labute approximate surface area is 107 Å². The second-order valence-corrected chi connectivity index (χ2v) is 5.50. The molecule has 0 spiro atoms. The van der Waals surface area contributed by atoms with Crippen molar-refractivity contribution in [2.75, 3.05) is 19.4 Å². The third-order valence-electron chi connectivity index (χ3n) is 2.63. The summed E-state index contributed by atoms with van der Waals surface area (Å²) in [5.74, 6) is 1.86. The van der Waals surface area contributed by atoms with Crippen LogP contribution >= 0.6 is 11.8 Å². The molecule has 1 aromatic rings. The standard InChI is InChI=1S/C13H21NO2S/c1-13(15,10-14)8-3-9-17-12-6-4-11(16-2)5-7-12/h4-7,15H,3,8-10,14H2,1-2H3. The zero-order chi connectivity index (χ0) is 12.7. The summed E-state index contributed by atoms with van der Waals surface area (Å²) in [7, 11) is 1.66. The van der Waals surface area contributed by atoms with Crippen LogP contribution in [0.3, 0.4) is 0 Å². The van der Waals surface area contributed by atoms with Gasteiger partial charge in [-0.05, 0) is 49.8 Å². The molecule has 4 heteroatoms. The summed E-state index contributed by atoms with van der Waals surface area (Å²) in [6.45, 7) is 2.10. The maximum atomic E-state index is 9.74. The summed E-state index contributed by atoms with van der Waals surface area (Å²) in [6, 6.07) is 8.01. The van der Waals surface area contributed by atoms with Crippen LogP contribution in [0.25, 0.3) is 0 Å². The molecule has 1 rings (SSSR count). The zero-order valence-corrected chi connectivity index (χ0v) is 11.3.